The Morgan fingerprint density at radius 3 is 2.73 bits per heavy atom. The fourth-order valence-electron chi connectivity index (χ4n) is 1.87. The summed E-state index contributed by atoms with van der Waals surface area (Å²) in [5.41, 5.74) is 0. The second-order valence-corrected chi connectivity index (χ2v) is 4.30. The molecule has 0 aromatic carbocycles. The van der Waals surface area contributed by atoms with E-state index in [1.807, 2.05) is 0 Å². The summed E-state index contributed by atoms with van der Waals surface area (Å²) < 4.78 is 5.64. The van der Waals surface area contributed by atoms with E-state index in [4.69, 9.17) is 4.74 Å². The van der Waals surface area contributed by atoms with E-state index < -0.39 is 0 Å². The maximum Gasteiger partial charge on any atom is 0.0699 e. The van der Waals surface area contributed by atoms with Crippen molar-refractivity contribution in [3.63, 3.8) is 0 Å². The lowest BCUT2D eigenvalue weighted by Crippen LogP contribution is -2.33. The number of ether oxygens (including phenoxy) is 1. The van der Waals surface area contributed by atoms with E-state index in [0.717, 1.165) is 32.8 Å². The van der Waals surface area contributed by atoms with Gasteiger partial charge in [-0.25, -0.2) is 0 Å². The zero-order chi connectivity index (χ0) is 10.8. The number of hydrogen-bond acceptors (Lipinski definition) is 3. The molecular formula is C12H26N2O. The molecule has 1 unspecified atom stereocenters. The minimum Gasteiger partial charge on any atom is -0.377 e. The Labute approximate surface area is 94.0 Å². The van der Waals surface area contributed by atoms with Crippen LogP contribution in [0.15, 0.2) is 0 Å². The third-order valence-electron chi connectivity index (χ3n) is 2.78. The van der Waals surface area contributed by atoms with E-state index in [-0.39, 0.29) is 0 Å². The molecule has 0 aromatic heterocycles. The Kier molecular flexibility index (Phi) is 7.88. The van der Waals surface area contributed by atoms with E-state index in [2.05, 4.69) is 17.6 Å². The molecule has 3 heteroatoms. The van der Waals surface area contributed by atoms with Crippen LogP contribution in [-0.2, 0) is 4.74 Å². The summed E-state index contributed by atoms with van der Waals surface area (Å²) in [5.74, 6) is 0. The van der Waals surface area contributed by atoms with Crippen LogP contribution in [0.1, 0.15) is 39.0 Å². The molecule has 1 rings (SSSR count). The predicted molar refractivity (Wildman–Crippen MR) is 64.2 cm³/mol. The minimum absolute atomic E-state index is 0.474. The van der Waals surface area contributed by atoms with Gasteiger partial charge in [-0.3, -0.25) is 0 Å². The summed E-state index contributed by atoms with van der Waals surface area (Å²) in [6.07, 6.45) is 6.74. The molecule has 3 nitrogen and oxygen atoms in total. The van der Waals surface area contributed by atoms with Crippen molar-refractivity contribution in [2.24, 2.45) is 0 Å². The van der Waals surface area contributed by atoms with Crippen molar-refractivity contribution in [3.8, 4) is 0 Å². The minimum atomic E-state index is 0.474. The summed E-state index contributed by atoms with van der Waals surface area (Å²) in [6.45, 7) is 7.58. The van der Waals surface area contributed by atoms with Crippen LogP contribution in [-0.4, -0.2) is 38.9 Å². The van der Waals surface area contributed by atoms with Gasteiger partial charge < -0.3 is 15.4 Å². The highest BCUT2D eigenvalue weighted by Crippen LogP contribution is 2.11. The highest BCUT2D eigenvalue weighted by Gasteiger charge is 2.12. The first kappa shape index (κ1) is 12.9. The smallest absolute Gasteiger partial charge is 0.0699 e. The van der Waals surface area contributed by atoms with Crippen LogP contribution >= 0.6 is 0 Å². The lowest BCUT2D eigenvalue weighted by atomic mass is 10.1. The van der Waals surface area contributed by atoms with Gasteiger partial charge in [0, 0.05) is 13.2 Å². The SMILES string of the molecule is CCCNCCCNCC1CCCCO1. The Hall–Kier alpha value is -0.120. The van der Waals surface area contributed by atoms with Crippen LogP contribution in [0.25, 0.3) is 0 Å². The molecule has 0 aliphatic carbocycles. The molecule has 1 aliphatic rings. The normalized spacial score (nSPS) is 21.8. The van der Waals surface area contributed by atoms with Crippen molar-refractivity contribution in [2.45, 2.75) is 45.1 Å². The topological polar surface area (TPSA) is 33.3 Å². The molecule has 0 saturated carbocycles. The van der Waals surface area contributed by atoms with Crippen LogP contribution in [0.2, 0.25) is 0 Å². The largest absolute Gasteiger partial charge is 0.377 e. The third-order valence-corrected chi connectivity index (χ3v) is 2.78. The van der Waals surface area contributed by atoms with E-state index in [1.54, 1.807) is 0 Å². The van der Waals surface area contributed by atoms with Gasteiger partial charge in [-0.1, -0.05) is 6.92 Å². The molecule has 0 spiro atoms. The molecule has 1 heterocycles. The van der Waals surface area contributed by atoms with Crippen LogP contribution in [0.5, 0.6) is 0 Å². The van der Waals surface area contributed by atoms with Gasteiger partial charge in [0.15, 0.2) is 0 Å². The van der Waals surface area contributed by atoms with Gasteiger partial charge in [-0.05, 0) is 51.7 Å². The molecule has 0 bridgehead atoms. The molecular weight excluding hydrogens is 188 g/mol. The van der Waals surface area contributed by atoms with Crippen molar-refractivity contribution in [3.05, 3.63) is 0 Å². The second kappa shape index (κ2) is 9.13. The van der Waals surface area contributed by atoms with Crippen LogP contribution < -0.4 is 10.6 Å². The van der Waals surface area contributed by atoms with Gasteiger partial charge >= 0.3 is 0 Å². The van der Waals surface area contributed by atoms with E-state index in [9.17, 15) is 0 Å². The third kappa shape index (κ3) is 6.88. The predicted octanol–water partition coefficient (Wildman–Crippen LogP) is 1.53. The van der Waals surface area contributed by atoms with Crippen molar-refractivity contribution in [2.75, 3.05) is 32.8 Å². The number of nitrogens with one attached hydrogen (secondary N) is 2. The van der Waals surface area contributed by atoms with Crippen molar-refractivity contribution >= 4 is 0 Å². The highest BCUT2D eigenvalue weighted by atomic mass is 16.5. The average molecular weight is 214 g/mol. The van der Waals surface area contributed by atoms with Crippen molar-refractivity contribution < 1.29 is 4.74 Å². The molecule has 15 heavy (non-hydrogen) atoms. The maximum absolute atomic E-state index is 5.64. The molecule has 1 aliphatic heterocycles. The van der Waals surface area contributed by atoms with Gasteiger partial charge in [0.2, 0.25) is 0 Å². The fourth-order valence-corrected chi connectivity index (χ4v) is 1.87. The van der Waals surface area contributed by atoms with Gasteiger partial charge in [0.05, 0.1) is 6.10 Å². The standard InChI is InChI=1S/C12H26N2O/c1-2-7-13-8-5-9-14-11-12-6-3-4-10-15-12/h12-14H,2-11H2,1H3. The molecule has 90 valence electrons. The van der Waals surface area contributed by atoms with Crippen LogP contribution in [0.3, 0.4) is 0 Å². The average Bonchev–Trinajstić information content (AvgIpc) is 2.29. The summed E-state index contributed by atoms with van der Waals surface area (Å²) >= 11 is 0. The Morgan fingerprint density at radius 1 is 1.13 bits per heavy atom. The molecule has 0 aromatic rings. The Bertz CT molecular complexity index is 136. The lowest BCUT2D eigenvalue weighted by Gasteiger charge is -2.22. The maximum atomic E-state index is 5.64. The molecule has 1 saturated heterocycles. The quantitative estimate of drug-likeness (QED) is 0.601. The molecule has 0 amide bonds. The number of hydrogen-bond donors (Lipinski definition) is 2. The van der Waals surface area contributed by atoms with Gasteiger partial charge in [0.25, 0.3) is 0 Å². The molecule has 2 N–H and O–H groups in total. The molecule has 0 radical (unpaired) electrons. The Balaban J connectivity index is 1.79. The first-order chi connectivity index (χ1) is 7.43. The molecule has 1 atom stereocenters. The summed E-state index contributed by atoms with van der Waals surface area (Å²) in [7, 11) is 0. The lowest BCUT2D eigenvalue weighted by molar-refractivity contribution is 0.0170. The summed E-state index contributed by atoms with van der Waals surface area (Å²) in [4.78, 5) is 0. The van der Waals surface area contributed by atoms with Crippen molar-refractivity contribution in [1.82, 2.24) is 10.6 Å². The second-order valence-electron chi connectivity index (χ2n) is 4.30. The first-order valence-electron chi connectivity index (χ1n) is 6.46. The zero-order valence-corrected chi connectivity index (χ0v) is 10.1. The Morgan fingerprint density at radius 2 is 2.00 bits per heavy atom. The van der Waals surface area contributed by atoms with E-state index in [0.29, 0.717) is 6.10 Å². The van der Waals surface area contributed by atoms with E-state index in [1.165, 1.54) is 32.1 Å². The van der Waals surface area contributed by atoms with Gasteiger partial charge in [-0.2, -0.15) is 0 Å². The van der Waals surface area contributed by atoms with Crippen LogP contribution in [0, 0.1) is 0 Å². The monoisotopic (exact) mass is 214 g/mol. The first-order valence-corrected chi connectivity index (χ1v) is 6.46. The van der Waals surface area contributed by atoms with Crippen molar-refractivity contribution in [1.29, 1.82) is 0 Å². The van der Waals surface area contributed by atoms with E-state index >= 15 is 0 Å². The highest BCUT2D eigenvalue weighted by molar-refractivity contribution is 4.66. The summed E-state index contributed by atoms with van der Waals surface area (Å²) in [5, 5.41) is 6.87. The van der Waals surface area contributed by atoms with Crippen LogP contribution in [0.4, 0.5) is 0 Å². The zero-order valence-electron chi connectivity index (χ0n) is 10.1. The fraction of sp³-hybridized carbons (Fsp3) is 1.00. The summed E-state index contributed by atoms with van der Waals surface area (Å²) in [6, 6.07) is 0. The number of rotatable bonds is 8. The van der Waals surface area contributed by atoms with Gasteiger partial charge in [-0.15, -0.1) is 0 Å². The van der Waals surface area contributed by atoms with Gasteiger partial charge in [0.1, 0.15) is 0 Å². The molecule has 1 fully saturated rings.